The first-order valence-electron chi connectivity index (χ1n) is 4.59. The van der Waals surface area contributed by atoms with Gasteiger partial charge in [0.2, 0.25) is 11.7 Å². The monoisotopic (exact) mass is 210 g/mol. The number of ketones is 1. The lowest BCUT2D eigenvalue weighted by Crippen LogP contribution is -2.42. The molecular weight excluding hydrogens is 196 g/mol. The van der Waals surface area contributed by atoms with Gasteiger partial charge in [0.15, 0.2) is 5.76 Å². The van der Waals surface area contributed by atoms with Crippen LogP contribution in [0.25, 0.3) is 0 Å². The summed E-state index contributed by atoms with van der Waals surface area (Å²) in [5, 5.41) is 0. The minimum Gasteiger partial charge on any atom is -0.461 e. The molecule has 1 aromatic heterocycles. The first-order valence-corrected chi connectivity index (χ1v) is 4.59. The van der Waals surface area contributed by atoms with Crippen molar-refractivity contribution in [3.8, 4) is 0 Å². The third-order valence-electron chi connectivity index (χ3n) is 1.94. The van der Waals surface area contributed by atoms with Crippen LogP contribution in [0.1, 0.15) is 17.5 Å². The highest BCUT2D eigenvalue weighted by Gasteiger charge is 2.18. The van der Waals surface area contributed by atoms with E-state index in [1.54, 1.807) is 19.1 Å². The van der Waals surface area contributed by atoms with Crippen LogP contribution >= 0.6 is 0 Å². The van der Waals surface area contributed by atoms with Crippen molar-refractivity contribution < 1.29 is 14.0 Å². The predicted octanol–water partition coefficient (Wildman–Crippen LogP) is 0.268. The van der Waals surface area contributed by atoms with Gasteiger partial charge in [-0.15, -0.1) is 0 Å². The molecule has 5 nitrogen and oxygen atoms in total. The summed E-state index contributed by atoms with van der Waals surface area (Å²) in [6.45, 7) is 1.56. The van der Waals surface area contributed by atoms with E-state index in [9.17, 15) is 9.59 Å². The zero-order chi connectivity index (χ0) is 11.4. The van der Waals surface area contributed by atoms with Crippen LogP contribution in [0.5, 0.6) is 0 Å². The highest BCUT2D eigenvalue weighted by molar-refractivity contribution is 5.97. The second kappa shape index (κ2) is 4.75. The van der Waals surface area contributed by atoms with Crippen LogP contribution in [-0.2, 0) is 4.79 Å². The number of Topliss-reactive ketones (excluding diaryl/α,β-unsaturated/α-hetero) is 1. The van der Waals surface area contributed by atoms with Crippen LogP contribution in [0.4, 0.5) is 0 Å². The Kier molecular flexibility index (Phi) is 3.62. The van der Waals surface area contributed by atoms with E-state index in [4.69, 9.17) is 10.2 Å². The summed E-state index contributed by atoms with van der Waals surface area (Å²) >= 11 is 0. The molecule has 0 spiro atoms. The smallest absolute Gasteiger partial charge is 0.239 e. The molecule has 1 rings (SSSR count). The summed E-state index contributed by atoms with van der Waals surface area (Å²) in [6.07, 6.45) is 1.42. The van der Waals surface area contributed by atoms with Crippen molar-refractivity contribution in [2.24, 2.45) is 5.73 Å². The number of hydrogen-bond acceptors (Lipinski definition) is 4. The molecule has 0 fully saturated rings. The Labute approximate surface area is 87.8 Å². The van der Waals surface area contributed by atoms with Gasteiger partial charge in [0.25, 0.3) is 0 Å². The number of rotatable bonds is 4. The number of likely N-dealkylation sites (N-methyl/N-ethyl adjacent to an activating group) is 1. The Bertz CT molecular complexity index is 344. The number of nitrogens with zero attached hydrogens (tertiary/aromatic N) is 1. The van der Waals surface area contributed by atoms with Gasteiger partial charge < -0.3 is 15.1 Å². The lowest BCUT2D eigenvalue weighted by atomic mass is 10.2. The number of furan rings is 1. The molecule has 1 unspecified atom stereocenters. The molecule has 1 heterocycles. The maximum Gasteiger partial charge on any atom is 0.239 e. The molecule has 1 atom stereocenters. The molecule has 82 valence electrons. The normalized spacial score (nSPS) is 12.2. The van der Waals surface area contributed by atoms with E-state index in [2.05, 4.69) is 0 Å². The molecule has 15 heavy (non-hydrogen) atoms. The standard InChI is InChI=1S/C10H14N2O3/c1-7(11)10(14)12(2)6-8(13)9-4-3-5-15-9/h3-5,7H,6,11H2,1-2H3. The quantitative estimate of drug-likeness (QED) is 0.723. The van der Waals surface area contributed by atoms with Crippen molar-refractivity contribution in [2.45, 2.75) is 13.0 Å². The number of carbonyl (C=O) groups is 2. The molecule has 0 bridgehead atoms. The Balaban J connectivity index is 2.56. The molecule has 1 aromatic rings. The number of nitrogens with two attached hydrogens (primary N) is 1. The lowest BCUT2D eigenvalue weighted by Gasteiger charge is -2.17. The topological polar surface area (TPSA) is 76.5 Å². The van der Waals surface area contributed by atoms with Gasteiger partial charge in [0, 0.05) is 7.05 Å². The average Bonchev–Trinajstić information content (AvgIpc) is 2.68. The maximum absolute atomic E-state index is 11.5. The first-order chi connectivity index (χ1) is 7.02. The predicted molar refractivity (Wildman–Crippen MR) is 54.3 cm³/mol. The van der Waals surface area contributed by atoms with E-state index in [0.29, 0.717) is 0 Å². The lowest BCUT2D eigenvalue weighted by molar-refractivity contribution is -0.130. The van der Waals surface area contributed by atoms with E-state index >= 15 is 0 Å². The minimum atomic E-state index is -0.598. The number of hydrogen-bond donors (Lipinski definition) is 1. The zero-order valence-corrected chi connectivity index (χ0v) is 8.77. The highest BCUT2D eigenvalue weighted by Crippen LogP contribution is 2.02. The van der Waals surface area contributed by atoms with Gasteiger partial charge in [-0.3, -0.25) is 9.59 Å². The first kappa shape index (κ1) is 11.5. The van der Waals surface area contributed by atoms with Crippen LogP contribution in [0.15, 0.2) is 22.8 Å². The second-order valence-electron chi connectivity index (χ2n) is 3.38. The second-order valence-corrected chi connectivity index (χ2v) is 3.38. The van der Waals surface area contributed by atoms with Crippen molar-refractivity contribution in [2.75, 3.05) is 13.6 Å². The molecular formula is C10H14N2O3. The van der Waals surface area contributed by atoms with Gasteiger partial charge in [0.05, 0.1) is 18.8 Å². The van der Waals surface area contributed by atoms with Gasteiger partial charge in [-0.25, -0.2) is 0 Å². The van der Waals surface area contributed by atoms with Crippen molar-refractivity contribution in [3.63, 3.8) is 0 Å². The zero-order valence-electron chi connectivity index (χ0n) is 8.77. The summed E-state index contributed by atoms with van der Waals surface area (Å²) in [4.78, 5) is 24.2. The largest absolute Gasteiger partial charge is 0.461 e. The summed E-state index contributed by atoms with van der Waals surface area (Å²) in [5.41, 5.74) is 5.41. The summed E-state index contributed by atoms with van der Waals surface area (Å²) < 4.78 is 4.92. The summed E-state index contributed by atoms with van der Waals surface area (Å²) in [5.74, 6) is -0.259. The van der Waals surface area contributed by atoms with Gasteiger partial charge in [-0.2, -0.15) is 0 Å². The molecule has 0 saturated heterocycles. The van der Waals surface area contributed by atoms with E-state index < -0.39 is 6.04 Å². The Hall–Kier alpha value is -1.62. The van der Waals surface area contributed by atoms with Crippen molar-refractivity contribution >= 4 is 11.7 Å². The van der Waals surface area contributed by atoms with E-state index in [0.717, 1.165) is 0 Å². The van der Waals surface area contributed by atoms with Crippen molar-refractivity contribution in [1.29, 1.82) is 0 Å². The fourth-order valence-corrected chi connectivity index (χ4v) is 1.16. The summed E-state index contributed by atoms with van der Waals surface area (Å²) in [7, 11) is 1.53. The highest BCUT2D eigenvalue weighted by atomic mass is 16.3. The molecule has 0 aromatic carbocycles. The molecule has 0 radical (unpaired) electrons. The van der Waals surface area contributed by atoms with Crippen LogP contribution < -0.4 is 5.73 Å². The number of amides is 1. The van der Waals surface area contributed by atoms with Crippen LogP contribution in [-0.4, -0.2) is 36.2 Å². The molecule has 5 heteroatoms. The van der Waals surface area contributed by atoms with Gasteiger partial charge >= 0.3 is 0 Å². The van der Waals surface area contributed by atoms with Crippen molar-refractivity contribution in [3.05, 3.63) is 24.2 Å². The maximum atomic E-state index is 11.5. The molecule has 0 aliphatic rings. The van der Waals surface area contributed by atoms with E-state index in [1.807, 2.05) is 0 Å². The van der Waals surface area contributed by atoms with Crippen LogP contribution in [0.3, 0.4) is 0 Å². The Morgan fingerprint density at radius 2 is 2.27 bits per heavy atom. The van der Waals surface area contributed by atoms with Gasteiger partial charge in [-0.1, -0.05) is 0 Å². The Morgan fingerprint density at radius 3 is 2.73 bits per heavy atom. The van der Waals surface area contributed by atoms with E-state index in [1.165, 1.54) is 18.2 Å². The van der Waals surface area contributed by atoms with Crippen LogP contribution in [0, 0.1) is 0 Å². The van der Waals surface area contributed by atoms with Gasteiger partial charge in [0.1, 0.15) is 0 Å². The third kappa shape index (κ3) is 2.92. The third-order valence-corrected chi connectivity index (χ3v) is 1.94. The fourth-order valence-electron chi connectivity index (χ4n) is 1.16. The fraction of sp³-hybridized carbons (Fsp3) is 0.400. The molecule has 0 aliphatic heterocycles. The van der Waals surface area contributed by atoms with Crippen LogP contribution in [0.2, 0.25) is 0 Å². The molecule has 0 saturated carbocycles. The average molecular weight is 210 g/mol. The molecule has 0 aliphatic carbocycles. The van der Waals surface area contributed by atoms with Gasteiger partial charge in [-0.05, 0) is 19.1 Å². The summed E-state index contributed by atoms with van der Waals surface area (Å²) in [6, 6.07) is 2.59. The molecule has 1 amide bonds. The number of carbonyl (C=O) groups excluding carboxylic acids is 2. The SMILES string of the molecule is CC(N)C(=O)N(C)CC(=O)c1ccco1. The Morgan fingerprint density at radius 1 is 1.60 bits per heavy atom. The van der Waals surface area contributed by atoms with Crippen molar-refractivity contribution in [1.82, 2.24) is 4.90 Å². The van der Waals surface area contributed by atoms with E-state index in [-0.39, 0.29) is 24.0 Å². The minimum absolute atomic E-state index is 0.0200. The molecule has 2 N–H and O–H groups in total.